The first-order valence-corrected chi connectivity index (χ1v) is 8.07. The predicted octanol–water partition coefficient (Wildman–Crippen LogP) is 1.36. The minimum Gasteiger partial charge on any atom is -0.339 e. The zero-order valence-electron chi connectivity index (χ0n) is 13.9. The molecule has 3 rings (SSSR count). The van der Waals surface area contributed by atoms with E-state index in [-0.39, 0.29) is 23.8 Å². The number of aromatic nitrogens is 2. The highest BCUT2D eigenvalue weighted by Gasteiger charge is 2.31. The number of amides is 1. The lowest BCUT2D eigenvalue weighted by Crippen LogP contribution is -2.49. The molecule has 10 heteroatoms. The molecule has 0 aliphatic carbocycles. The standard InChI is InChI=1S/C16H18F3N5O2/c17-16(18,19)12-3-1-2-11(8-12)15-21-13(26-22-15)10-23-4-6-24(7-5-23)14(25)9-20/h1-3,8H,4-7,9-10,20H2. The zero-order chi connectivity index (χ0) is 18.7. The summed E-state index contributed by atoms with van der Waals surface area (Å²) in [6.07, 6.45) is -4.43. The first kappa shape index (κ1) is 18.3. The third-order valence-electron chi connectivity index (χ3n) is 4.17. The summed E-state index contributed by atoms with van der Waals surface area (Å²) in [5, 5.41) is 3.77. The summed E-state index contributed by atoms with van der Waals surface area (Å²) >= 11 is 0. The number of hydrogen-bond acceptors (Lipinski definition) is 6. The lowest BCUT2D eigenvalue weighted by Gasteiger charge is -2.33. The van der Waals surface area contributed by atoms with Crippen molar-refractivity contribution in [3.05, 3.63) is 35.7 Å². The van der Waals surface area contributed by atoms with Gasteiger partial charge in [-0.3, -0.25) is 9.69 Å². The number of rotatable bonds is 4. The van der Waals surface area contributed by atoms with Gasteiger partial charge in [0.15, 0.2) is 0 Å². The molecule has 2 N–H and O–H groups in total. The van der Waals surface area contributed by atoms with E-state index in [1.807, 2.05) is 4.90 Å². The number of halogens is 3. The molecule has 7 nitrogen and oxygen atoms in total. The first-order chi connectivity index (χ1) is 12.4. The van der Waals surface area contributed by atoms with Crippen molar-refractivity contribution in [3.8, 4) is 11.4 Å². The van der Waals surface area contributed by atoms with Gasteiger partial charge in [0.25, 0.3) is 0 Å². The molecule has 0 radical (unpaired) electrons. The number of nitrogens with two attached hydrogens (primary N) is 1. The van der Waals surface area contributed by atoms with Gasteiger partial charge in [-0.1, -0.05) is 17.3 Å². The minimum absolute atomic E-state index is 0.00991. The number of nitrogens with zero attached hydrogens (tertiary/aromatic N) is 4. The molecule has 1 aromatic heterocycles. The molecule has 26 heavy (non-hydrogen) atoms. The molecule has 0 atom stereocenters. The smallest absolute Gasteiger partial charge is 0.339 e. The normalized spacial score (nSPS) is 16.1. The van der Waals surface area contributed by atoms with Crippen molar-refractivity contribution < 1.29 is 22.5 Å². The molecule has 1 aromatic carbocycles. The molecule has 1 saturated heterocycles. The van der Waals surface area contributed by atoms with E-state index >= 15 is 0 Å². The van der Waals surface area contributed by atoms with Crippen LogP contribution < -0.4 is 5.73 Å². The average molecular weight is 369 g/mol. The number of carbonyl (C=O) groups is 1. The van der Waals surface area contributed by atoms with Crippen molar-refractivity contribution in [3.63, 3.8) is 0 Å². The van der Waals surface area contributed by atoms with Crippen LogP contribution in [-0.2, 0) is 17.5 Å². The minimum atomic E-state index is -4.43. The van der Waals surface area contributed by atoms with Gasteiger partial charge in [0, 0.05) is 31.7 Å². The molecule has 0 unspecified atom stereocenters. The van der Waals surface area contributed by atoms with Crippen LogP contribution in [0.3, 0.4) is 0 Å². The fourth-order valence-corrected chi connectivity index (χ4v) is 2.75. The predicted molar refractivity (Wildman–Crippen MR) is 85.6 cm³/mol. The third-order valence-corrected chi connectivity index (χ3v) is 4.17. The second-order valence-electron chi connectivity index (χ2n) is 5.95. The lowest BCUT2D eigenvalue weighted by atomic mass is 10.1. The van der Waals surface area contributed by atoms with Crippen LogP contribution in [-0.4, -0.2) is 58.6 Å². The fraction of sp³-hybridized carbons (Fsp3) is 0.438. The molecule has 1 aliphatic rings. The Morgan fingerprint density at radius 2 is 1.96 bits per heavy atom. The van der Waals surface area contributed by atoms with E-state index in [1.165, 1.54) is 12.1 Å². The van der Waals surface area contributed by atoms with Crippen molar-refractivity contribution >= 4 is 5.91 Å². The van der Waals surface area contributed by atoms with Crippen molar-refractivity contribution in [2.45, 2.75) is 12.7 Å². The Balaban J connectivity index is 1.63. The van der Waals surface area contributed by atoms with Gasteiger partial charge in [0.05, 0.1) is 18.7 Å². The molecule has 2 heterocycles. The van der Waals surface area contributed by atoms with E-state index in [1.54, 1.807) is 4.90 Å². The fourth-order valence-electron chi connectivity index (χ4n) is 2.75. The summed E-state index contributed by atoms with van der Waals surface area (Å²) in [4.78, 5) is 19.5. The van der Waals surface area contributed by atoms with Crippen molar-refractivity contribution in [1.29, 1.82) is 0 Å². The van der Waals surface area contributed by atoms with Crippen molar-refractivity contribution in [1.82, 2.24) is 19.9 Å². The highest BCUT2D eigenvalue weighted by Crippen LogP contribution is 2.31. The largest absolute Gasteiger partial charge is 0.416 e. The average Bonchev–Trinajstić information content (AvgIpc) is 3.09. The molecule has 1 amide bonds. The van der Waals surface area contributed by atoms with Crippen molar-refractivity contribution in [2.75, 3.05) is 32.7 Å². The molecule has 1 aliphatic heterocycles. The molecule has 2 aromatic rings. The topological polar surface area (TPSA) is 88.5 Å². The molecule has 0 saturated carbocycles. The zero-order valence-corrected chi connectivity index (χ0v) is 13.9. The monoisotopic (exact) mass is 369 g/mol. The molecule has 0 bridgehead atoms. The van der Waals surface area contributed by atoms with E-state index in [9.17, 15) is 18.0 Å². The van der Waals surface area contributed by atoms with E-state index in [4.69, 9.17) is 10.3 Å². The summed E-state index contributed by atoms with van der Waals surface area (Å²) < 4.78 is 43.6. The van der Waals surface area contributed by atoms with E-state index in [0.717, 1.165) is 12.1 Å². The van der Waals surface area contributed by atoms with Crippen molar-refractivity contribution in [2.24, 2.45) is 5.73 Å². The van der Waals surface area contributed by atoms with Crippen LogP contribution in [0.2, 0.25) is 0 Å². The van der Waals surface area contributed by atoms with Crippen LogP contribution >= 0.6 is 0 Å². The highest BCUT2D eigenvalue weighted by atomic mass is 19.4. The number of piperazine rings is 1. The maximum atomic E-state index is 12.8. The highest BCUT2D eigenvalue weighted by molar-refractivity contribution is 5.78. The van der Waals surface area contributed by atoms with Crippen LogP contribution in [0.5, 0.6) is 0 Å². The second-order valence-corrected chi connectivity index (χ2v) is 5.95. The van der Waals surface area contributed by atoms with Crippen LogP contribution in [0, 0.1) is 0 Å². The van der Waals surface area contributed by atoms with Crippen LogP contribution in [0.15, 0.2) is 28.8 Å². The number of benzene rings is 1. The van der Waals surface area contributed by atoms with Gasteiger partial charge < -0.3 is 15.2 Å². The number of carbonyl (C=O) groups excluding carboxylic acids is 1. The Labute approximate surface area is 147 Å². The van der Waals surface area contributed by atoms with Gasteiger partial charge in [-0.15, -0.1) is 0 Å². The van der Waals surface area contributed by atoms with E-state index in [0.29, 0.717) is 38.6 Å². The quantitative estimate of drug-likeness (QED) is 0.876. The first-order valence-electron chi connectivity index (χ1n) is 8.07. The SMILES string of the molecule is NCC(=O)N1CCN(Cc2nc(-c3cccc(C(F)(F)F)c3)no2)CC1. The maximum absolute atomic E-state index is 12.8. The van der Waals surface area contributed by atoms with E-state index < -0.39 is 11.7 Å². The van der Waals surface area contributed by atoms with Crippen LogP contribution in [0.1, 0.15) is 11.5 Å². The van der Waals surface area contributed by atoms with Gasteiger partial charge in [0.1, 0.15) is 0 Å². The maximum Gasteiger partial charge on any atom is 0.416 e. The van der Waals surface area contributed by atoms with Gasteiger partial charge in [-0.25, -0.2) is 0 Å². The summed E-state index contributed by atoms with van der Waals surface area (Å²) in [6.45, 7) is 2.75. The molecule has 1 fully saturated rings. The summed E-state index contributed by atoms with van der Waals surface area (Å²) in [5.74, 6) is 0.341. The Hall–Kier alpha value is -2.46. The molecular weight excluding hydrogens is 351 g/mol. The number of alkyl halides is 3. The van der Waals surface area contributed by atoms with Crippen LogP contribution in [0.25, 0.3) is 11.4 Å². The Morgan fingerprint density at radius 3 is 2.62 bits per heavy atom. The Kier molecular flexibility index (Phi) is 5.23. The molecule has 140 valence electrons. The molecular formula is C16H18F3N5O2. The second kappa shape index (κ2) is 7.42. The Bertz CT molecular complexity index is 769. The van der Waals surface area contributed by atoms with E-state index in [2.05, 4.69) is 10.1 Å². The third kappa shape index (κ3) is 4.20. The summed E-state index contributed by atoms with van der Waals surface area (Å²) in [7, 11) is 0. The summed E-state index contributed by atoms with van der Waals surface area (Å²) in [6, 6.07) is 4.79. The Morgan fingerprint density at radius 1 is 1.23 bits per heavy atom. The van der Waals surface area contributed by atoms with Gasteiger partial charge >= 0.3 is 6.18 Å². The summed E-state index contributed by atoms with van der Waals surface area (Å²) in [5.41, 5.74) is 4.83. The lowest BCUT2D eigenvalue weighted by molar-refractivity contribution is -0.137. The molecule has 0 spiro atoms. The van der Waals surface area contributed by atoms with Crippen LogP contribution in [0.4, 0.5) is 13.2 Å². The number of hydrogen-bond donors (Lipinski definition) is 1. The van der Waals surface area contributed by atoms with Gasteiger partial charge in [0.2, 0.25) is 17.6 Å². The van der Waals surface area contributed by atoms with Gasteiger partial charge in [-0.05, 0) is 12.1 Å². The van der Waals surface area contributed by atoms with Gasteiger partial charge in [-0.2, -0.15) is 18.2 Å².